The monoisotopic (exact) mass is 408 g/mol. The summed E-state index contributed by atoms with van der Waals surface area (Å²) in [7, 11) is 1.32. The lowest BCUT2D eigenvalue weighted by molar-refractivity contribution is -0.123. The molecule has 0 saturated heterocycles. The molecule has 1 unspecified atom stereocenters. The number of carbonyl (C=O) groups is 3. The van der Waals surface area contributed by atoms with E-state index in [1.807, 2.05) is 5.32 Å². The number of nitrogens with two attached hydrogens (primary N) is 1. The van der Waals surface area contributed by atoms with Crippen LogP contribution < -0.4 is 20.5 Å². The van der Waals surface area contributed by atoms with Gasteiger partial charge < -0.3 is 25.3 Å². The van der Waals surface area contributed by atoms with E-state index >= 15 is 0 Å². The number of methoxy groups -OCH3 is 1. The molecular formula is C19H18F2N2O6. The fourth-order valence-corrected chi connectivity index (χ4v) is 2.19. The second-order valence-corrected chi connectivity index (χ2v) is 5.75. The lowest BCUT2D eigenvalue weighted by Gasteiger charge is -2.15. The number of amides is 2. The van der Waals surface area contributed by atoms with Crippen molar-refractivity contribution in [1.29, 1.82) is 0 Å². The maximum absolute atomic E-state index is 13.6. The van der Waals surface area contributed by atoms with Crippen LogP contribution in [0.3, 0.4) is 0 Å². The summed E-state index contributed by atoms with van der Waals surface area (Å²) in [6, 6.07) is 7.06. The summed E-state index contributed by atoms with van der Waals surface area (Å²) < 4.78 is 42.5. The Morgan fingerprint density at radius 1 is 1.10 bits per heavy atom. The molecule has 0 bridgehead atoms. The fraction of sp³-hybridized carbons (Fsp3) is 0.211. The summed E-state index contributed by atoms with van der Waals surface area (Å²) in [6.45, 7) is 0.859. The summed E-state index contributed by atoms with van der Waals surface area (Å²) >= 11 is 0. The van der Waals surface area contributed by atoms with Gasteiger partial charge in [-0.25, -0.2) is 13.6 Å². The minimum absolute atomic E-state index is 0.0185. The summed E-state index contributed by atoms with van der Waals surface area (Å²) in [5.74, 6) is -4.13. The van der Waals surface area contributed by atoms with E-state index in [-0.39, 0.29) is 23.7 Å². The van der Waals surface area contributed by atoms with Crippen LogP contribution in [0.2, 0.25) is 0 Å². The van der Waals surface area contributed by atoms with Gasteiger partial charge >= 0.3 is 5.97 Å². The largest absolute Gasteiger partial charge is 0.493 e. The Kier molecular flexibility index (Phi) is 7.07. The maximum atomic E-state index is 13.6. The van der Waals surface area contributed by atoms with Gasteiger partial charge in [-0.15, -0.1) is 0 Å². The predicted octanol–water partition coefficient (Wildman–Crippen LogP) is 2.02. The molecule has 3 N–H and O–H groups in total. The number of nitrogens with one attached hydrogen (secondary N) is 1. The number of esters is 1. The molecule has 29 heavy (non-hydrogen) atoms. The van der Waals surface area contributed by atoms with Crippen molar-refractivity contribution < 1.29 is 37.4 Å². The van der Waals surface area contributed by atoms with Gasteiger partial charge in [0.25, 0.3) is 11.8 Å². The Hall–Kier alpha value is -3.69. The first-order valence-electron chi connectivity index (χ1n) is 8.28. The fourth-order valence-electron chi connectivity index (χ4n) is 2.19. The normalized spacial score (nSPS) is 11.3. The van der Waals surface area contributed by atoms with Crippen LogP contribution in [0.25, 0.3) is 0 Å². The molecule has 154 valence electrons. The van der Waals surface area contributed by atoms with Gasteiger partial charge in [-0.3, -0.25) is 9.59 Å². The number of ether oxygens (including phenoxy) is 3. The molecule has 0 aliphatic carbocycles. The minimum Gasteiger partial charge on any atom is -0.493 e. The van der Waals surface area contributed by atoms with Crippen molar-refractivity contribution in [3.8, 4) is 11.5 Å². The number of anilines is 1. The van der Waals surface area contributed by atoms with Crippen molar-refractivity contribution in [3.05, 3.63) is 53.6 Å². The molecule has 0 aliphatic rings. The van der Waals surface area contributed by atoms with Crippen molar-refractivity contribution in [1.82, 2.24) is 0 Å². The van der Waals surface area contributed by atoms with Crippen molar-refractivity contribution in [2.24, 2.45) is 5.73 Å². The van der Waals surface area contributed by atoms with Gasteiger partial charge in [0.2, 0.25) is 0 Å². The Labute approximate surface area is 164 Å². The SMILES string of the molecule is COc1cc(C(=O)OC(C)C(=O)Nc2c(F)cccc2F)ccc1OCC(N)=O. The van der Waals surface area contributed by atoms with Gasteiger partial charge in [-0.1, -0.05) is 6.07 Å². The Balaban J connectivity index is 2.06. The van der Waals surface area contributed by atoms with Gasteiger partial charge in [-0.2, -0.15) is 0 Å². The molecule has 8 nitrogen and oxygen atoms in total. The first-order valence-corrected chi connectivity index (χ1v) is 8.28. The summed E-state index contributed by atoms with van der Waals surface area (Å²) in [4.78, 5) is 35.2. The van der Waals surface area contributed by atoms with E-state index in [1.165, 1.54) is 32.2 Å². The third-order valence-electron chi connectivity index (χ3n) is 3.63. The van der Waals surface area contributed by atoms with E-state index in [0.29, 0.717) is 0 Å². The Morgan fingerprint density at radius 2 is 1.76 bits per heavy atom. The predicted molar refractivity (Wildman–Crippen MR) is 97.5 cm³/mol. The topological polar surface area (TPSA) is 117 Å². The number of primary amides is 1. The lowest BCUT2D eigenvalue weighted by atomic mass is 10.2. The van der Waals surface area contributed by atoms with Gasteiger partial charge in [0, 0.05) is 0 Å². The number of para-hydroxylation sites is 1. The smallest absolute Gasteiger partial charge is 0.339 e. The first-order chi connectivity index (χ1) is 13.7. The Bertz CT molecular complexity index is 915. The van der Waals surface area contributed by atoms with Crippen molar-refractivity contribution in [2.45, 2.75) is 13.0 Å². The first kappa shape index (κ1) is 21.6. The number of hydrogen-bond donors (Lipinski definition) is 2. The van der Waals surface area contributed by atoms with Crippen molar-refractivity contribution in [3.63, 3.8) is 0 Å². The van der Waals surface area contributed by atoms with Crippen molar-refractivity contribution in [2.75, 3.05) is 19.0 Å². The van der Waals surface area contributed by atoms with E-state index in [9.17, 15) is 23.2 Å². The Morgan fingerprint density at radius 3 is 2.34 bits per heavy atom. The van der Waals surface area contributed by atoms with Crippen LogP contribution in [0.5, 0.6) is 11.5 Å². The second kappa shape index (κ2) is 9.49. The van der Waals surface area contributed by atoms with E-state index in [1.54, 1.807) is 0 Å². The quantitative estimate of drug-likeness (QED) is 0.646. The molecule has 1 atom stereocenters. The zero-order valence-electron chi connectivity index (χ0n) is 15.5. The van der Waals surface area contributed by atoms with Gasteiger partial charge in [0.1, 0.15) is 17.3 Å². The zero-order valence-corrected chi connectivity index (χ0v) is 15.5. The molecule has 0 spiro atoms. The molecular weight excluding hydrogens is 390 g/mol. The summed E-state index contributed by atoms with van der Waals surface area (Å²) in [6.07, 6.45) is -1.35. The second-order valence-electron chi connectivity index (χ2n) is 5.75. The summed E-state index contributed by atoms with van der Waals surface area (Å²) in [5.41, 5.74) is 4.38. The third kappa shape index (κ3) is 5.64. The number of hydrogen-bond acceptors (Lipinski definition) is 6. The van der Waals surface area contributed by atoms with E-state index in [4.69, 9.17) is 19.9 Å². The highest BCUT2D eigenvalue weighted by Gasteiger charge is 2.22. The van der Waals surface area contributed by atoms with Crippen LogP contribution in [0.4, 0.5) is 14.5 Å². The standard InChI is InChI=1S/C19H18F2N2O6/c1-10(18(25)23-17-12(20)4-3-5-13(17)21)29-19(26)11-6-7-14(15(8-11)27-2)28-9-16(22)24/h3-8,10H,9H2,1-2H3,(H2,22,24)(H,23,25). The molecule has 0 aromatic heterocycles. The number of halogens is 2. The number of rotatable bonds is 8. The average molecular weight is 408 g/mol. The highest BCUT2D eigenvalue weighted by molar-refractivity contribution is 5.97. The maximum Gasteiger partial charge on any atom is 0.339 e. The molecule has 0 saturated carbocycles. The zero-order chi connectivity index (χ0) is 21.6. The lowest BCUT2D eigenvalue weighted by Crippen LogP contribution is -2.30. The van der Waals surface area contributed by atoms with Crippen LogP contribution in [0.15, 0.2) is 36.4 Å². The van der Waals surface area contributed by atoms with E-state index in [0.717, 1.165) is 18.2 Å². The van der Waals surface area contributed by atoms with Crippen LogP contribution in [0, 0.1) is 11.6 Å². The average Bonchev–Trinajstić information content (AvgIpc) is 2.68. The number of benzene rings is 2. The molecule has 0 aliphatic heterocycles. The highest BCUT2D eigenvalue weighted by atomic mass is 19.1. The number of carbonyl (C=O) groups excluding carboxylic acids is 3. The minimum atomic E-state index is -1.35. The third-order valence-corrected chi connectivity index (χ3v) is 3.63. The molecule has 0 fully saturated rings. The van der Waals surface area contributed by atoms with Gasteiger partial charge in [0.05, 0.1) is 12.7 Å². The molecule has 0 heterocycles. The molecule has 2 aromatic carbocycles. The molecule has 2 rings (SSSR count). The van der Waals surface area contributed by atoms with E-state index < -0.39 is 41.2 Å². The molecule has 0 radical (unpaired) electrons. The van der Waals surface area contributed by atoms with Gasteiger partial charge in [-0.05, 0) is 37.3 Å². The van der Waals surface area contributed by atoms with Gasteiger partial charge in [0.15, 0.2) is 24.2 Å². The highest BCUT2D eigenvalue weighted by Crippen LogP contribution is 2.28. The summed E-state index contributed by atoms with van der Waals surface area (Å²) in [5, 5.41) is 2.04. The van der Waals surface area contributed by atoms with Crippen LogP contribution >= 0.6 is 0 Å². The molecule has 10 heteroatoms. The van der Waals surface area contributed by atoms with Crippen LogP contribution in [-0.2, 0) is 14.3 Å². The van der Waals surface area contributed by atoms with Crippen molar-refractivity contribution >= 4 is 23.5 Å². The van der Waals surface area contributed by atoms with E-state index in [2.05, 4.69) is 0 Å². The molecule has 2 amide bonds. The van der Waals surface area contributed by atoms with Crippen LogP contribution in [-0.4, -0.2) is 37.6 Å². The van der Waals surface area contributed by atoms with Crippen LogP contribution in [0.1, 0.15) is 17.3 Å². The molecule has 2 aromatic rings.